The van der Waals surface area contributed by atoms with E-state index in [1.165, 1.54) is 6.07 Å². The van der Waals surface area contributed by atoms with Gasteiger partial charge >= 0.3 is 0 Å². The molecule has 0 bridgehead atoms. The highest BCUT2D eigenvalue weighted by Gasteiger charge is 2.24. The van der Waals surface area contributed by atoms with Crippen LogP contribution in [0.2, 0.25) is 0 Å². The second kappa shape index (κ2) is 6.32. The number of halogens is 1. The maximum absolute atomic E-state index is 14.0. The summed E-state index contributed by atoms with van der Waals surface area (Å²) in [5.41, 5.74) is 6.51. The van der Waals surface area contributed by atoms with Crippen LogP contribution in [0.3, 0.4) is 0 Å². The number of likely N-dealkylation sites (N-methyl/N-ethyl adjacent to an activating group) is 1. The van der Waals surface area contributed by atoms with Gasteiger partial charge in [-0.25, -0.2) is 4.39 Å². The number of methoxy groups -OCH3 is 1. The molecule has 2 rings (SSSR count). The summed E-state index contributed by atoms with van der Waals surface area (Å²) in [7, 11) is 3.63. The van der Waals surface area contributed by atoms with Crippen molar-refractivity contribution in [3.63, 3.8) is 0 Å². The first-order valence-corrected chi connectivity index (χ1v) is 6.59. The van der Waals surface area contributed by atoms with Crippen LogP contribution in [0.4, 0.5) is 4.39 Å². The Bertz CT molecular complexity index is 427. The Kier molecular flexibility index (Phi) is 4.74. The molecular weight excluding hydrogens is 245 g/mol. The van der Waals surface area contributed by atoms with E-state index < -0.39 is 0 Å². The Morgan fingerprint density at radius 3 is 2.84 bits per heavy atom. The summed E-state index contributed by atoms with van der Waals surface area (Å²) in [6, 6.07) is 5.31. The van der Waals surface area contributed by atoms with Crippen LogP contribution in [0.25, 0.3) is 0 Å². The van der Waals surface area contributed by atoms with E-state index in [-0.39, 0.29) is 5.82 Å². The lowest BCUT2D eigenvalue weighted by Gasteiger charge is -2.39. The van der Waals surface area contributed by atoms with Crippen molar-refractivity contribution in [1.29, 1.82) is 0 Å². The molecular formula is C14H22FN3O. The van der Waals surface area contributed by atoms with Crippen molar-refractivity contribution in [3.8, 4) is 5.75 Å². The van der Waals surface area contributed by atoms with Crippen LogP contribution in [0.15, 0.2) is 18.2 Å². The molecule has 5 heteroatoms. The number of nitrogens with zero attached hydrogens (tertiary/aromatic N) is 2. The summed E-state index contributed by atoms with van der Waals surface area (Å²) in [5.74, 6) is 0.337. The van der Waals surface area contributed by atoms with E-state index in [1.807, 2.05) is 0 Å². The van der Waals surface area contributed by atoms with Crippen molar-refractivity contribution in [2.75, 3.05) is 40.3 Å². The minimum absolute atomic E-state index is 0.214. The Morgan fingerprint density at radius 2 is 2.21 bits per heavy atom. The van der Waals surface area contributed by atoms with Crippen LogP contribution in [-0.4, -0.2) is 56.2 Å². The Labute approximate surface area is 113 Å². The second-order valence-electron chi connectivity index (χ2n) is 5.08. The van der Waals surface area contributed by atoms with Gasteiger partial charge in [0.2, 0.25) is 0 Å². The number of nitrogens with two attached hydrogens (primary N) is 1. The lowest BCUT2D eigenvalue weighted by molar-refractivity contribution is 0.0871. The molecule has 106 valence electrons. The molecule has 1 fully saturated rings. The van der Waals surface area contributed by atoms with Crippen LogP contribution in [0.5, 0.6) is 5.75 Å². The normalized spacial score (nSPS) is 21.6. The smallest absolute Gasteiger partial charge is 0.131 e. The van der Waals surface area contributed by atoms with Gasteiger partial charge in [-0.1, -0.05) is 6.07 Å². The quantitative estimate of drug-likeness (QED) is 0.880. The second-order valence-corrected chi connectivity index (χ2v) is 5.08. The zero-order valence-corrected chi connectivity index (χ0v) is 11.6. The van der Waals surface area contributed by atoms with E-state index in [1.54, 1.807) is 19.2 Å². The molecule has 0 saturated carbocycles. The summed E-state index contributed by atoms with van der Waals surface area (Å²) in [4.78, 5) is 4.52. The predicted molar refractivity (Wildman–Crippen MR) is 73.7 cm³/mol. The van der Waals surface area contributed by atoms with Gasteiger partial charge in [-0.2, -0.15) is 0 Å². The van der Waals surface area contributed by atoms with Crippen molar-refractivity contribution >= 4 is 0 Å². The van der Waals surface area contributed by atoms with Crippen molar-refractivity contribution in [2.45, 2.75) is 12.6 Å². The van der Waals surface area contributed by atoms with Gasteiger partial charge in [-0.15, -0.1) is 0 Å². The van der Waals surface area contributed by atoms with Crippen molar-refractivity contribution in [3.05, 3.63) is 29.6 Å². The zero-order chi connectivity index (χ0) is 13.8. The molecule has 1 aromatic rings. The predicted octanol–water partition coefficient (Wildman–Crippen LogP) is 0.909. The van der Waals surface area contributed by atoms with Gasteiger partial charge in [0, 0.05) is 50.4 Å². The molecule has 4 nitrogen and oxygen atoms in total. The fraction of sp³-hybridized carbons (Fsp3) is 0.571. The fourth-order valence-electron chi connectivity index (χ4n) is 2.48. The van der Waals surface area contributed by atoms with Gasteiger partial charge < -0.3 is 15.4 Å². The molecule has 1 unspecified atom stereocenters. The average Bonchev–Trinajstić information content (AvgIpc) is 2.42. The van der Waals surface area contributed by atoms with Crippen LogP contribution in [0, 0.1) is 5.82 Å². The molecule has 19 heavy (non-hydrogen) atoms. The maximum atomic E-state index is 14.0. The Morgan fingerprint density at radius 1 is 1.42 bits per heavy atom. The molecule has 0 radical (unpaired) electrons. The highest BCUT2D eigenvalue weighted by Crippen LogP contribution is 2.19. The summed E-state index contributed by atoms with van der Waals surface area (Å²) in [6.07, 6.45) is 0. The molecule has 1 saturated heterocycles. The number of hydrogen-bond acceptors (Lipinski definition) is 4. The minimum atomic E-state index is -0.214. The lowest BCUT2D eigenvalue weighted by Crippen LogP contribution is -2.54. The minimum Gasteiger partial charge on any atom is -0.497 e. The van der Waals surface area contributed by atoms with Gasteiger partial charge in [-0.05, 0) is 13.1 Å². The molecule has 1 aromatic carbocycles. The van der Waals surface area contributed by atoms with E-state index >= 15 is 0 Å². The SMILES string of the molecule is COc1ccc(CN2CCN(C)CC2CN)c(F)c1. The standard InChI is InChI=1S/C14H22FN3O/c1-17-5-6-18(12(8-16)10-17)9-11-3-4-13(19-2)7-14(11)15/h3-4,7,12H,5-6,8-10,16H2,1-2H3. The third-order valence-corrected chi connectivity index (χ3v) is 3.71. The molecule has 1 heterocycles. The highest BCUT2D eigenvalue weighted by atomic mass is 19.1. The maximum Gasteiger partial charge on any atom is 0.131 e. The van der Waals surface area contributed by atoms with Crippen molar-refractivity contribution in [2.24, 2.45) is 5.73 Å². The number of ether oxygens (including phenoxy) is 1. The monoisotopic (exact) mass is 267 g/mol. The molecule has 0 aliphatic carbocycles. The molecule has 1 aliphatic rings. The van der Waals surface area contributed by atoms with Crippen LogP contribution < -0.4 is 10.5 Å². The topological polar surface area (TPSA) is 41.7 Å². The highest BCUT2D eigenvalue weighted by molar-refractivity contribution is 5.28. The van der Waals surface area contributed by atoms with Gasteiger partial charge in [0.1, 0.15) is 11.6 Å². The fourth-order valence-corrected chi connectivity index (χ4v) is 2.48. The molecule has 2 N–H and O–H groups in total. The van der Waals surface area contributed by atoms with Crippen LogP contribution in [0.1, 0.15) is 5.56 Å². The van der Waals surface area contributed by atoms with Crippen LogP contribution >= 0.6 is 0 Å². The van der Waals surface area contributed by atoms with E-state index in [0.717, 1.165) is 19.6 Å². The summed E-state index contributed by atoms with van der Waals surface area (Å²) in [5, 5.41) is 0. The largest absolute Gasteiger partial charge is 0.497 e. The zero-order valence-electron chi connectivity index (χ0n) is 11.6. The van der Waals surface area contributed by atoms with Gasteiger partial charge in [-0.3, -0.25) is 4.90 Å². The van der Waals surface area contributed by atoms with E-state index in [0.29, 0.717) is 30.4 Å². The van der Waals surface area contributed by atoms with Gasteiger partial charge in [0.25, 0.3) is 0 Å². The first-order chi connectivity index (χ1) is 9.13. The number of rotatable bonds is 4. The third-order valence-electron chi connectivity index (χ3n) is 3.71. The summed E-state index contributed by atoms with van der Waals surface area (Å²) >= 11 is 0. The Balaban J connectivity index is 2.07. The van der Waals surface area contributed by atoms with Crippen molar-refractivity contribution in [1.82, 2.24) is 9.80 Å². The van der Waals surface area contributed by atoms with Crippen molar-refractivity contribution < 1.29 is 9.13 Å². The molecule has 1 aliphatic heterocycles. The van der Waals surface area contributed by atoms with E-state index in [4.69, 9.17) is 10.5 Å². The first kappa shape index (κ1) is 14.2. The van der Waals surface area contributed by atoms with Gasteiger partial charge in [0.05, 0.1) is 7.11 Å². The van der Waals surface area contributed by atoms with Gasteiger partial charge in [0.15, 0.2) is 0 Å². The average molecular weight is 267 g/mol. The summed E-state index contributed by atoms with van der Waals surface area (Å²) < 4.78 is 19.0. The van der Waals surface area contributed by atoms with E-state index in [2.05, 4.69) is 16.8 Å². The molecule has 1 atom stereocenters. The molecule has 0 aromatic heterocycles. The summed E-state index contributed by atoms with van der Waals surface area (Å²) in [6.45, 7) is 4.06. The van der Waals surface area contributed by atoms with Crippen LogP contribution in [-0.2, 0) is 6.54 Å². The number of piperazine rings is 1. The number of hydrogen-bond donors (Lipinski definition) is 1. The third kappa shape index (κ3) is 3.43. The molecule has 0 spiro atoms. The molecule has 0 amide bonds. The lowest BCUT2D eigenvalue weighted by atomic mass is 10.1. The number of benzene rings is 1. The van der Waals surface area contributed by atoms with E-state index in [9.17, 15) is 4.39 Å². The first-order valence-electron chi connectivity index (χ1n) is 6.59. The Hall–Kier alpha value is -1.17.